The van der Waals surface area contributed by atoms with Gasteiger partial charge in [0.2, 0.25) is 0 Å². The van der Waals surface area contributed by atoms with Crippen molar-refractivity contribution in [3.63, 3.8) is 0 Å². The molecule has 1 atom stereocenters. The minimum atomic E-state index is -0.0582. The fourth-order valence-electron chi connectivity index (χ4n) is 2.46. The molecule has 1 unspecified atom stereocenters. The van der Waals surface area contributed by atoms with E-state index >= 15 is 0 Å². The maximum atomic E-state index is 5.64. The number of hydrogen-bond acceptors (Lipinski definition) is 2. The van der Waals surface area contributed by atoms with Crippen LogP contribution in [0.1, 0.15) is 85.5 Å². The van der Waals surface area contributed by atoms with Gasteiger partial charge in [-0.3, -0.25) is 0 Å². The van der Waals surface area contributed by atoms with Crippen LogP contribution in [0.25, 0.3) is 0 Å². The summed E-state index contributed by atoms with van der Waals surface area (Å²) in [6.07, 6.45) is 12.1. The van der Waals surface area contributed by atoms with Crippen molar-refractivity contribution in [2.45, 2.75) is 97.1 Å². The average Bonchev–Trinajstić information content (AvgIpc) is 2.40. The fraction of sp³-hybridized carbons (Fsp3) is 1.00. The normalized spacial score (nSPS) is 13.7. The molecule has 0 aliphatic carbocycles. The van der Waals surface area contributed by atoms with Crippen LogP contribution in [0, 0.1) is 0 Å². The van der Waals surface area contributed by atoms with Crippen LogP contribution in [0.15, 0.2) is 0 Å². The molecule has 0 heterocycles. The summed E-state index contributed by atoms with van der Waals surface area (Å²) in [4.78, 5) is 0. The zero-order valence-electron chi connectivity index (χ0n) is 14.1. The summed E-state index contributed by atoms with van der Waals surface area (Å²) >= 11 is 0. The summed E-state index contributed by atoms with van der Waals surface area (Å²) in [7, 11) is 1.82. The SMILES string of the molecule is CCCCCCCCCC(NCCC)C(C)(C)OC. The molecule has 0 rings (SSSR count). The quantitative estimate of drug-likeness (QED) is 0.480. The van der Waals surface area contributed by atoms with Crippen LogP contribution in [0.5, 0.6) is 0 Å². The lowest BCUT2D eigenvalue weighted by molar-refractivity contribution is -0.0131. The molecule has 116 valence electrons. The van der Waals surface area contributed by atoms with Gasteiger partial charge in [0.25, 0.3) is 0 Å². The highest BCUT2D eigenvalue weighted by Crippen LogP contribution is 2.20. The first-order valence-corrected chi connectivity index (χ1v) is 8.37. The topological polar surface area (TPSA) is 21.3 Å². The Morgan fingerprint density at radius 3 is 2.00 bits per heavy atom. The molecule has 0 aliphatic heterocycles. The number of nitrogens with one attached hydrogen (secondary N) is 1. The van der Waals surface area contributed by atoms with E-state index < -0.39 is 0 Å². The second-order valence-electron chi connectivity index (χ2n) is 6.22. The average molecular weight is 271 g/mol. The third-order valence-corrected chi connectivity index (χ3v) is 4.10. The molecule has 0 saturated carbocycles. The van der Waals surface area contributed by atoms with Crippen molar-refractivity contribution in [2.75, 3.05) is 13.7 Å². The van der Waals surface area contributed by atoms with Crippen LogP contribution in [-0.4, -0.2) is 25.3 Å². The van der Waals surface area contributed by atoms with Crippen molar-refractivity contribution < 1.29 is 4.74 Å². The molecule has 0 radical (unpaired) electrons. The van der Waals surface area contributed by atoms with E-state index in [2.05, 4.69) is 33.0 Å². The lowest BCUT2D eigenvalue weighted by Gasteiger charge is -2.34. The van der Waals surface area contributed by atoms with Crippen molar-refractivity contribution in [1.82, 2.24) is 5.32 Å². The summed E-state index contributed by atoms with van der Waals surface area (Å²) in [6, 6.07) is 0.480. The van der Waals surface area contributed by atoms with Crippen LogP contribution in [0.3, 0.4) is 0 Å². The summed E-state index contributed by atoms with van der Waals surface area (Å²) in [5, 5.41) is 3.65. The highest BCUT2D eigenvalue weighted by Gasteiger charge is 2.27. The molecule has 0 saturated heterocycles. The number of rotatable bonds is 13. The second-order valence-corrected chi connectivity index (χ2v) is 6.22. The van der Waals surface area contributed by atoms with Gasteiger partial charge in [0.15, 0.2) is 0 Å². The molecule has 0 aliphatic rings. The van der Waals surface area contributed by atoms with Gasteiger partial charge in [0, 0.05) is 13.2 Å². The van der Waals surface area contributed by atoms with E-state index in [1.807, 2.05) is 7.11 Å². The lowest BCUT2D eigenvalue weighted by Crippen LogP contribution is -2.48. The predicted octanol–water partition coefficient (Wildman–Crippen LogP) is 4.92. The zero-order valence-corrected chi connectivity index (χ0v) is 14.1. The van der Waals surface area contributed by atoms with Gasteiger partial charge in [0.1, 0.15) is 0 Å². The highest BCUT2D eigenvalue weighted by atomic mass is 16.5. The number of methoxy groups -OCH3 is 1. The maximum Gasteiger partial charge on any atom is 0.0774 e. The first kappa shape index (κ1) is 18.9. The van der Waals surface area contributed by atoms with Crippen molar-refractivity contribution in [2.24, 2.45) is 0 Å². The van der Waals surface area contributed by atoms with E-state index in [0.29, 0.717) is 6.04 Å². The molecule has 1 N–H and O–H groups in total. The summed E-state index contributed by atoms with van der Waals surface area (Å²) in [6.45, 7) is 9.98. The van der Waals surface area contributed by atoms with Gasteiger partial charge in [-0.2, -0.15) is 0 Å². The summed E-state index contributed by atoms with van der Waals surface area (Å²) in [5.74, 6) is 0. The van der Waals surface area contributed by atoms with Gasteiger partial charge in [-0.05, 0) is 33.2 Å². The third-order valence-electron chi connectivity index (χ3n) is 4.10. The lowest BCUT2D eigenvalue weighted by atomic mass is 9.92. The molecular formula is C17H37NO. The van der Waals surface area contributed by atoms with E-state index in [1.54, 1.807) is 0 Å². The monoisotopic (exact) mass is 271 g/mol. The van der Waals surface area contributed by atoms with Crippen LogP contribution >= 0.6 is 0 Å². The largest absolute Gasteiger partial charge is 0.377 e. The molecular weight excluding hydrogens is 234 g/mol. The Hall–Kier alpha value is -0.0800. The van der Waals surface area contributed by atoms with Crippen LogP contribution in [-0.2, 0) is 4.74 Å². The van der Waals surface area contributed by atoms with Crippen molar-refractivity contribution in [3.05, 3.63) is 0 Å². The van der Waals surface area contributed by atoms with Gasteiger partial charge in [0.05, 0.1) is 5.60 Å². The van der Waals surface area contributed by atoms with Gasteiger partial charge in [-0.25, -0.2) is 0 Å². The first-order chi connectivity index (χ1) is 9.08. The number of hydrogen-bond donors (Lipinski definition) is 1. The van der Waals surface area contributed by atoms with Crippen molar-refractivity contribution in [1.29, 1.82) is 0 Å². The van der Waals surface area contributed by atoms with E-state index in [0.717, 1.165) is 6.54 Å². The Morgan fingerprint density at radius 1 is 0.895 bits per heavy atom. The molecule has 0 spiro atoms. The molecule has 19 heavy (non-hydrogen) atoms. The third kappa shape index (κ3) is 9.45. The van der Waals surface area contributed by atoms with Gasteiger partial charge in [-0.1, -0.05) is 58.8 Å². The summed E-state index contributed by atoms with van der Waals surface area (Å²) < 4.78 is 5.64. The van der Waals surface area contributed by atoms with Gasteiger partial charge >= 0.3 is 0 Å². The van der Waals surface area contributed by atoms with Crippen LogP contribution < -0.4 is 5.32 Å². The number of ether oxygens (including phenoxy) is 1. The van der Waals surface area contributed by atoms with E-state index in [1.165, 1.54) is 57.8 Å². The van der Waals surface area contributed by atoms with Gasteiger partial charge < -0.3 is 10.1 Å². The van der Waals surface area contributed by atoms with Gasteiger partial charge in [-0.15, -0.1) is 0 Å². The molecule has 0 aromatic carbocycles. The Balaban J connectivity index is 3.80. The van der Waals surface area contributed by atoms with E-state index in [9.17, 15) is 0 Å². The molecule has 0 fully saturated rings. The van der Waals surface area contributed by atoms with E-state index in [4.69, 9.17) is 4.74 Å². The maximum absolute atomic E-state index is 5.64. The molecule has 2 nitrogen and oxygen atoms in total. The smallest absolute Gasteiger partial charge is 0.0774 e. The molecule has 0 aromatic rings. The Morgan fingerprint density at radius 2 is 1.47 bits per heavy atom. The Kier molecular flexibility index (Phi) is 11.7. The Bertz CT molecular complexity index is 192. The standard InChI is InChI=1S/C17H37NO/c1-6-8-9-10-11-12-13-14-16(18-15-7-2)17(3,4)19-5/h16,18H,6-15H2,1-5H3. The fourth-order valence-corrected chi connectivity index (χ4v) is 2.46. The molecule has 0 aromatic heterocycles. The predicted molar refractivity (Wildman–Crippen MR) is 85.8 cm³/mol. The van der Waals surface area contributed by atoms with Crippen molar-refractivity contribution >= 4 is 0 Å². The second kappa shape index (κ2) is 11.7. The highest BCUT2D eigenvalue weighted by molar-refractivity contribution is 4.85. The van der Waals surface area contributed by atoms with Crippen LogP contribution in [0.2, 0.25) is 0 Å². The van der Waals surface area contributed by atoms with E-state index in [-0.39, 0.29) is 5.60 Å². The first-order valence-electron chi connectivity index (χ1n) is 8.37. The summed E-state index contributed by atoms with van der Waals surface area (Å²) in [5.41, 5.74) is -0.0582. The number of unbranched alkanes of at least 4 members (excludes halogenated alkanes) is 6. The van der Waals surface area contributed by atoms with Crippen LogP contribution in [0.4, 0.5) is 0 Å². The minimum absolute atomic E-state index is 0.0582. The zero-order chi connectivity index (χ0) is 14.6. The van der Waals surface area contributed by atoms with Crippen molar-refractivity contribution in [3.8, 4) is 0 Å². The Labute approximate surface area is 121 Å². The molecule has 0 bridgehead atoms. The molecule has 2 heteroatoms. The minimum Gasteiger partial charge on any atom is -0.377 e. The molecule has 0 amide bonds.